The van der Waals surface area contributed by atoms with E-state index in [1.807, 2.05) is 0 Å². The molecule has 1 aliphatic rings. The lowest BCUT2D eigenvalue weighted by Gasteiger charge is -2.37. The van der Waals surface area contributed by atoms with Gasteiger partial charge in [-0.1, -0.05) is 13.8 Å². The summed E-state index contributed by atoms with van der Waals surface area (Å²) in [6.45, 7) is 7.09. The molecule has 94 valence electrons. The fourth-order valence-corrected chi connectivity index (χ4v) is 2.11. The maximum atomic E-state index is 12.8. The van der Waals surface area contributed by atoms with Crippen molar-refractivity contribution in [1.29, 1.82) is 0 Å². The third-order valence-electron chi connectivity index (χ3n) is 3.23. The second-order valence-electron chi connectivity index (χ2n) is 4.96. The number of ether oxygens (including phenoxy) is 1. The molecule has 1 aromatic heterocycles. The van der Waals surface area contributed by atoms with Crippen LogP contribution in [0.4, 0.5) is 4.39 Å². The fraction of sp³-hybridized carbons (Fsp3) is 0.615. The first kappa shape index (κ1) is 12.5. The Balaban J connectivity index is 2.06. The van der Waals surface area contributed by atoms with Crippen molar-refractivity contribution in [2.45, 2.75) is 39.0 Å². The van der Waals surface area contributed by atoms with Crippen LogP contribution in [0.1, 0.15) is 32.6 Å². The smallest absolute Gasteiger partial charge is 0.141 e. The lowest BCUT2D eigenvalue weighted by Crippen LogP contribution is -2.51. The van der Waals surface area contributed by atoms with Crippen LogP contribution >= 0.6 is 0 Å². The molecule has 1 fully saturated rings. The first-order valence-electron chi connectivity index (χ1n) is 6.07. The van der Waals surface area contributed by atoms with Gasteiger partial charge in [-0.2, -0.15) is 0 Å². The molecule has 0 saturated carbocycles. The standard InChI is InChI=1S/C13H19FN2O/c1-8(2)12-7-17-13(9(3)16-12)11-5-4-10(14)6-15-11/h4-6,8-9,12-13,16H,7H2,1-3H3. The molecule has 0 spiro atoms. The van der Waals surface area contributed by atoms with Gasteiger partial charge in [-0.05, 0) is 25.0 Å². The lowest BCUT2D eigenvalue weighted by atomic mass is 9.99. The topological polar surface area (TPSA) is 34.1 Å². The fourth-order valence-electron chi connectivity index (χ4n) is 2.11. The van der Waals surface area contributed by atoms with Crippen LogP contribution < -0.4 is 5.32 Å². The molecule has 1 aliphatic heterocycles. The summed E-state index contributed by atoms with van der Waals surface area (Å²) in [5.41, 5.74) is 0.786. The van der Waals surface area contributed by atoms with Gasteiger partial charge in [0.15, 0.2) is 0 Å². The van der Waals surface area contributed by atoms with Crippen molar-refractivity contribution in [3.8, 4) is 0 Å². The molecule has 3 atom stereocenters. The van der Waals surface area contributed by atoms with E-state index < -0.39 is 0 Å². The van der Waals surface area contributed by atoms with Gasteiger partial charge >= 0.3 is 0 Å². The van der Waals surface area contributed by atoms with Crippen LogP contribution in [0.2, 0.25) is 0 Å². The molecule has 0 amide bonds. The summed E-state index contributed by atoms with van der Waals surface area (Å²) in [4.78, 5) is 4.08. The van der Waals surface area contributed by atoms with E-state index in [1.165, 1.54) is 12.3 Å². The van der Waals surface area contributed by atoms with Crippen LogP contribution in [0.15, 0.2) is 18.3 Å². The Morgan fingerprint density at radius 3 is 2.76 bits per heavy atom. The van der Waals surface area contributed by atoms with Crippen LogP contribution in [-0.2, 0) is 4.74 Å². The molecule has 2 rings (SSSR count). The number of aromatic nitrogens is 1. The molecule has 3 nitrogen and oxygen atoms in total. The van der Waals surface area contributed by atoms with E-state index in [1.54, 1.807) is 6.07 Å². The largest absolute Gasteiger partial charge is 0.369 e. The summed E-state index contributed by atoms with van der Waals surface area (Å²) < 4.78 is 18.6. The van der Waals surface area contributed by atoms with Gasteiger partial charge in [0.1, 0.15) is 11.9 Å². The molecular weight excluding hydrogens is 219 g/mol. The van der Waals surface area contributed by atoms with Gasteiger partial charge in [-0.3, -0.25) is 4.98 Å². The van der Waals surface area contributed by atoms with Crippen molar-refractivity contribution in [3.05, 3.63) is 29.8 Å². The number of morpholine rings is 1. The molecule has 3 unspecified atom stereocenters. The van der Waals surface area contributed by atoms with Gasteiger partial charge in [0.05, 0.1) is 18.5 Å². The maximum absolute atomic E-state index is 12.8. The van der Waals surface area contributed by atoms with E-state index in [9.17, 15) is 4.39 Å². The van der Waals surface area contributed by atoms with Gasteiger partial charge in [0.2, 0.25) is 0 Å². The zero-order valence-electron chi connectivity index (χ0n) is 10.5. The first-order chi connectivity index (χ1) is 8.08. The second-order valence-corrected chi connectivity index (χ2v) is 4.96. The highest BCUT2D eigenvalue weighted by atomic mass is 19.1. The Morgan fingerprint density at radius 2 is 2.24 bits per heavy atom. The zero-order chi connectivity index (χ0) is 12.4. The molecule has 0 radical (unpaired) electrons. The summed E-state index contributed by atoms with van der Waals surface area (Å²) in [6, 6.07) is 3.68. The number of halogens is 1. The van der Waals surface area contributed by atoms with E-state index in [-0.39, 0.29) is 18.0 Å². The predicted octanol–water partition coefficient (Wildman–Crippen LogP) is 2.29. The van der Waals surface area contributed by atoms with E-state index in [0.29, 0.717) is 18.6 Å². The zero-order valence-corrected chi connectivity index (χ0v) is 10.5. The minimum atomic E-state index is -0.315. The molecule has 4 heteroatoms. The molecule has 17 heavy (non-hydrogen) atoms. The minimum Gasteiger partial charge on any atom is -0.369 e. The molecule has 1 saturated heterocycles. The third kappa shape index (κ3) is 2.82. The van der Waals surface area contributed by atoms with Gasteiger partial charge in [-0.15, -0.1) is 0 Å². The summed E-state index contributed by atoms with van der Waals surface area (Å²) in [5.74, 6) is 0.227. The number of nitrogens with zero attached hydrogens (tertiary/aromatic N) is 1. The van der Waals surface area contributed by atoms with Crippen molar-refractivity contribution < 1.29 is 9.13 Å². The minimum absolute atomic E-state index is 0.0920. The van der Waals surface area contributed by atoms with Crippen LogP contribution in [0.3, 0.4) is 0 Å². The van der Waals surface area contributed by atoms with Crippen molar-refractivity contribution in [2.24, 2.45) is 5.92 Å². The average Bonchev–Trinajstić information content (AvgIpc) is 2.30. The second kappa shape index (κ2) is 5.10. The van der Waals surface area contributed by atoms with Crippen molar-refractivity contribution in [3.63, 3.8) is 0 Å². The quantitative estimate of drug-likeness (QED) is 0.858. The SMILES string of the molecule is CC(C)C1COC(c2ccc(F)cn2)C(C)N1. The number of hydrogen-bond acceptors (Lipinski definition) is 3. The highest BCUT2D eigenvalue weighted by Crippen LogP contribution is 2.25. The third-order valence-corrected chi connectivity index (χ3v) is 3.23. The van der Waals surface area contributed by atoms with Crippen molar-refractivity contribution >= 4 is 0 Å². The Morgan fingerprint density at radius 1 is 1.47 bits per heavy atom. The molecule has 0 aromatic carbocycles. The molecule has 1 aromatic rings. The normalized spacial score (nSPS) is 29.6. The Labute approximate surface area is 101 Å². The molecule has 1 N–H and O–H groups in total. The molecular formula is C13H19FN2O. The van der Waals surface area contributed by atoms with E-state index in [0.717, 1.165) is 5.69 Å². The summed E-state index contributed by atoms with van der Waals surface area (Å²) in [7, 11) is 0. The number of rotatable bonds is 2. The number of hydrogen-bond donors (Lipinski definition) is 1. The monoisotopic (exact) mass is 238 g/mol. The van der Waals surface area contributed by atoms with Crippen LogP contribution in [0.25, 0.3) is 0 Å². The molecule has 0 bridgehead atoms. The predicted molar refractivity (Wildman–Crippen MR) is 64.1 cm³/mol. The van der Waals surface area contributed by atoms with Crippen molar-refractivity contribution in [2.75, 3.05) is 6.61 Å². The first-order valence-corrected chi connectivity index (χ1v) is 6.07. The van der Waals surface area contributed by atoms with Crippen LogP contribution in [0, 0.1) is 11.7 Å². The molecule has 0 aliphatic carbocycles. The van der Waals surface area contributed by atoms with E-state index >= 15 is 0 Å². The van der Waals surface area contributed by atoms with E-state index in [2.05, 4.69) is 31.1 Å². The Kier molecular flexibility index (Phi) is 3.74. The van der Waals surface area contributed by atoms with Gasteiger partial charge in [0, 0.05) is 12.1 Å². The lowest BCUT2D eigenvalue weighted by molar-refractivity contribution is -0.0361. The van der Waals surface area contributed by atoms with E-state index in [4.69, 9.17) is 4.74 Å². The highest BCUT2D eigenvalue weighted by Gasteiger charge is 2.30. The highest BCUT2D eigenvalue weighted by molar-refractivity contribution is 5.11. The molecule has 2 heterocycles. The van der Waals surface area contributed by atoms with Gasteiger partial charge in [-0.25, -0.2) is 4.39 Å². The van der Waals surface area contributed by atoms with Gasteiger partial charge in [0.25, 0.3) is 0 Å². The Hall–Kier alpha value is -1.00. The summed E-state index contributed by atoms with van der Waals surface area (Å²) in [5, 5.41) is 3.52. The van der Waals surface area contributed by atoms with Crippen molar-refractivity contribution in [1.82, 2.24) is 10.3 Å². The van der Waals surface area contributed by atoms with Crippen LogP contribution in [0.5, 0.6) is 0 Å². The number of nitrogens with one attached hydrogen (secondary N) is 1. The van der Waals surface area contributed by atoms with Gasteiger partial charge < -0.3 is 10.1 Å². The summed E-state index contributed by atoms with van der Waals surface area (Å²) >= 11 is 0. The maximum Gasteiger partial charge on any atom is 0.141 e. The summed E-state index contributed by atoms with van der Waals surface area (Å²) in [6.07, 6.45) is 1.14. The number of pyridine rings is 1. The van der Waals surface area contributed by atoms with Crippen LogP contribution in [-0.4, -0.2) is 23.7 Å². The average molecular weight is 238 g/mol. The Bertz CT molecular complexity index is 366.